The van der Waals surface area contributed by atoms with Gasteiger partial charge in [-0.1, -0.05) is 23.7 Å². The van der Waals surface area contributed by atoms with E-state index in [2.05, 4.69) is 0 Å². The van der Waals surface area contributed by atoms with E-state index in [9.17, 15) is 4.79 Å². The summed E-state index contributed by atoms with van der Waals surface area (Å²) in [6.07, 6.45) is 0. The van der Waals surface area contributed by atoms with Gasteiger partial charge in [-0.3, -0.25) is 4.79 Å². The van der Waals surface area contributed by atoms with Crippen molar-refractivity contribution in [2.24, 2.45) is 0 Å². The average molecular weight is 260 g/mol. The lowest BCUT2D eigenvalue weighted by atomic mass is 9.96. The van der Waals surface area contributed by atoms with E-state index >= 15 is 0 Å². The van der Waals surface area contributed by atoms with E-state index in [-0.39, 0.29) is 5.78 Å². The highest BCUT2D eigenvalue weighted by atomic mass is 35.5. The summed E-state index contributed by atoms with van der Waals surface area (Å²) >= 11 is 6.04. The van der Waals surface area contributed by atoms with Crippen LogP contribution in [-0.2, 0) is 0 Å². The van der Waals surface area contributed by atoms with E-state index < -0.39 is 0 Å². The van der Waals surface area contributed by atoms with Gasteiger partial charge in [-0.25, -0.2) is 0 Å². The fourth-order valence-corrected chi connectivity index (χ4v) is 2.11. The first-order valence-corrected chi connectivity index (χ1v) is 6.04. The molecule has 0 aliphatic rings. The predicted molar refractivity (Wildman–Crippen MR) is 75.2 cm³/mol. The number of rotatable bonds is 2. The quantitative estimate of drug-likeness (QED) is 0.659. The van der Waals surface area contributed by atoms with Crippen LogP contribution >= 0.6 is 11.6 Å². The topological polar surface area (TPSA) is 43.1 Å². The van der Waals surface area contributed by atoms with Gasteiger partial charge in [0.05, 0.1) is 0 Å². The van der Waals surface area contributed by atoms with E-state index in [4.69, 9.17) is 17.3 Å². The van der Waals surface area contributed by atoms with Crippen LogP contribution in [0.2, 0.25) is 5.02 Å². The minimum absolute atomic E-state index is 0.0208. The first kappa shape index (κ1) is 12.7. The summed E-state index contributed by atoms with van der Waals surface area (Å²) in [4.78, 5) is 12.5. The van der Waals surface area contributed by atoms with E-state index in [1.807, 2.05) is 13.8 Å². The lowest BCUT2D eigenvalue weighted by Gasteiger charge is -2.09. The number of hydrogen-bond acceptors (Lipinski definition) is 2. The average Bonchev–Trinajstić information content (AvgIpc) is 2.32. The van der Waals surface area contributed by atoms with Crippen LogP contribution in [-0.4, -0.2) is 5.78 Å². The number of carbonyl (C=O) groups excluding carboxylic acids is 1. The molecule has 92 valence electrons. The summed E-state index contributed by atoms with van der Waals surface area (Å²) in [5, 5.41) is 0.606. The molecule has 0 aliphatic heterocycles. The van der Waals surface area contributed by atoms with E-state index in [0.29, 0.717) is 21.8 Å². The maximum atomic E-state index is 12.5. The predicted octanol–water partition coefficient (Wildman–Crippen LogP) is 3.77. The Balaban J connectivity index is 2.51. The maximum absolute atomic E-state index is 12.5. The smallest absolute Gasteiger partial charge is 0.193 e. The van der Waals surface area contributed by atoms with Crippen molar-refractivity contribution in [1.82, 2.24) is 0 Å². The third-order valence-electron chi connectivity index (χ3n) is 3.01. The minimum atomic E-state index is -0.0208. The van der Waals surface area contributed by atoms with Gasteiger partial charge >= 0.3 is 0 Å². The third-order valence-corrected chi connectivity index (χ3v) is 3.42. The lowest BCUT2D eigenvalue weighted by molar-refractivity contribution is 0.103. The first-order valence-electron chi connectivity index (χ1n) is 5.66. The second kappa shape index (κ2) is 4.83. The molecule has 2 N–H and O–H groups in total. The number of carbonyl (C=O) groups is 1. The van der Waals surface area contributed by atoms with Crippen molar-refractivity contribution in [3.05, 3.63) is 63.7 Å². The number of anilines is 1. The van der Waals surface area contributed by atoms with Crippen LogP contribution < -0.4 is 5.73 Å². The number of benzene rings is 2. The molecule has 0 fully saturated rings. The number of nitrogens with two attached hydrogens (primary N) is 1. The highest BCUT2D eigenvalue weighted by Crippen LogP contribution is 2.23. The van der Waals surface area contributed by atoms with Crippen molar-refractivity contribution in [3.63, 3.8) is 0 Å². The molecule has 3 heteroatoms. The molecular formula is C15H14ClNO. The third kappa shape index (κ3) is 2.24. The molecule has 0 heterocycles. The second-order valence-corrected chi connectivity index (χ2v) is 4.72. The lowest BCUT2D eigenvalue weighted by Crippen LogP contribution is -2.06. The molecule has 2 rings (SSSR count). The number of ketones is 1. The summed E-state index contributed by atoms with van der Waals surface area (Å²) in [5.74, 6) is -0.0208. The van der Waals surface area contributed by atoms with Crippen molar-refractivity contribution in [2.75, 3.05) is 5.73 Å². The molecule has 18 heavy (non-hydrogen) atoms. The Morgan fingerprint density at radius 1 is 1.11 bits per heavy atom. The Morgan fingerprint density at radius 3 is 2.50 bits per heavy atom. The van der Waals surface area contributed by atoms with E-state index in [1.165, 1.54) is 0 Å². The molecule has 0 aromatic heterocycles. The summed E-state index contributed by atoms with van der Waals surface area (Å²) in [6, 6.07) is 10.7. The molecule has 0 aliphatic carbocycles. The van der Waals surface area contributed by atoms with Gasteiger partial charge < -0.3 is 5.73 Å². The van der Waals surface area contributed by atoms with Crippen LogP contribution in [0.1, 0.15) is 27.0 Å². The van der Waals surface area contributed by atoms with Gasteiger partial charge in [0.2, 0.25) is 0 Å². The molecule has 2 aromatic carbocycles. The summed E-state index contributed by atoms with van der Waals surface area (Å²) in [7, 11) is 0. The molecule has 2 nitrogen and oxygen atoms in total. The monoisotopic (exact) mass is 259 g/mol. The Kier molecular flexibility index (Phi) is 3.39. The number of halogens is 1. The molecule has 2 aromatic rings. The van der Waals surface area contributed by atoms with E-state index in [1.54, 1.807) is 36.4 Å². The van der Waals surface area contributed by atoms with Crippen molar-refractivity contribution in [2.45, 2.75) is 13.8 Å². The van der Waals surface area contributed by atoms with Crippen LogP contribution in [0.3, 0.4) is 0 Å². The van der Waals surface area contributed by atoms with Gasteiger partial charge in [0.15, 0.2) is 5.78 Å². The van der Waals surface area contributed by atoms with Crippen LogP contribution in [0.5, 0.6) is 0 Å². The minimum Gasteiger partial charge on any atom is -0.399 e. The fraction of sp³-hybridized carbons (Fsp3) is 0.133. The molecule has 0 saturated carbocycles. The zero-order valence-corrected chi connectivity index (χ0v) is 11.1. The summed E-state index contributed by atoms with van der Waals surface area (Å²) < 4.78 is 0. The zero-order valence-electron chi connectivity index (χ0n) is 10.3. The molecule has 0 radical (unpaired) electrons. The highest BCUT2D eigenvalue weighted by Gasteiger charge is 2.15. The van der Waals surface area contributed by atoms with Gasteiger partial charge in [-0.2, -0.15) is 0 Å². The van der Waals surface area contributed by atoms with Gasteiger partial charge in [0, 0.05) is 21.8 Å². The summed E-state index contributed by atoms with van der Waals surface area (Å²) in [5.41, 5.74) is 9.32. The highest BCUT2D eigenvalue weighted by molar-refractivity contribution is 6.32. The number of aryl methyl sites for hydroxylation is 1. The van der Waals surface area contributed by atoms with Gasteiger partial charge in [0.1, 0.15) is 0 Å². The van der Waals surface area contributed by atoms with Crippen molar-refractivity contribution in [1.29, 1.82) is 0 Å². The van der Waals surface area contributed by atoms with Crippen molar-refractivity contribution in [3.8, 4) is 0 Å². The van der Waals surface area contributed by atoms with Crippen LogP contribution in [0.25, 0.3) is 0 Å². The summed E-state index contributed by atoms with van der Waals surface area (Å²) in [6.45, 7) is 3.73. The molecule has 0 saturated heterocycles. The first-order chi connectivity index (χ1) is 8.50. The Bertz CT molecular complexity index is 620. The zero-order chi connectivity index (χ0) is 13.3. The fourth-order valence-electron chi connectivity index (χ4n) is 1.94. The normalized spacial score (nSPS) is 10.4. The molecule has 0 atom stereocenters. The second-order valence-electron chi connectivity index (χ2n) is 4.32. The largest absolute Gasteiger partial charge is 0.399 e. The molecule has 0 amide bonds. The molecule has 0 unspecified atom stereocenters. The van der Waals surface area contributed by atoms with Crippen molar-refractivity contribution >= 4 is 23.1 Å². The van der Waals surface area contributed by atoms with Gasteiger partial charge in [-0.05, 0) is 49.2 Å². The Hall–Kier alpha value is -1.80. The van der Waals surface area contributed by atoms with Crippen molar-refractivity contribution < 1.29 is 4.79 Å². The number of hydrogen-bond donors (Lipinski definition) is 1. The van der Waals surface area contributed by atoms with Crippen LogP contribution in [0.15, 0.2) is 36.4 Å². The molecule has 0 bridgehead atoms. The van der Waals surface area contributed by atoms with Gasteiger partial charge in [-0.15, -0.1) is 0 Å². The molecular weight excluding hydrogens is 246 g/mol. The maximum Gasteiger partial charge on any atom is 0.193 e. The Labute approximate surface area is 111 Å². The van der Waals surface area contributed by atoms with Gasteiger partial charge in [0.25, 0.3) is 0 Å². The Morgan fingerprint density at radius 2 is 1.83 bits per heavy atom. The molecule has 0 spiro atoms. The number of nitrogen functional groups attached to an aromatic ring is 1. The van der Waals surface area contributed by atoms with E-state index in [0.717, 1.165) is 11.1 Å². The van der Waals surface area contributed by atoms with Crippen LogP contribution in [0, 0.1) is 13.8 Å². The SMILES string of the molecule is Cc1cc(N)ccc1C(=O)c1cccc(Cl)c1C. The van der Waals surface area contributed by atoms with Crippen LogP contribution in [0.4, 0.5) is 5.69 Å². The standard InChI is InChI=1S/C15H14ClNO/c1-9-8-11(17)6-7-12(9)15(18)13-4-3-5-14(16)10(13)2/h3-8H,17H2,1-2H3.